The highest BCUT2D eigenvalue weighted by atomic mass is 32.2. The highest BCUT2D eigenvalue weighted by Gasteiger charge is 2.38. The van der Waals surface area contributed by atoms with E-state index in [0.29, 0.717) is 11.8 Å². The molecule has 116 valence electrons. The third-order valence-electron chi connectivity index (χ3n) is 4.83. The molecule has 2 unspecified atom stereocenters. The number of fused-ring (bicyclic) bond motifs is 3. The van der Waals surface area contributed by atoms with Crippen LogP contribution in [0.15, 0.2) is 51.5 Å². The molecule has 2 aliphatic heterocycles. The van der Waals surface area contributed by atoms with Gasteiger partial charge in [-0.15, -0.1) is 0 Å². The van der Waals surface area contributed by atoms with Crippen LogP contribution in [0.5, 0.6) is 0 Å². The topological polar surface area (TPSA) is 18.5 Å². The predicted octanol–water partition coefficient (Wildman–Crippen LogP) is 4.70. The summed E-state index contributed by atoms with van der Waals surface area (Å²) in [6.45, 7) is 4.70. The number of benzene rings is 1. The van der Waals surface area contributed by atoms with Crippen LogP contribution < -0.4 is 0 Å². The van der Waals surface area contributed by atoms with E-state index in [1.54, 1.807) is 0 Å². The molecule has 22 heavy (non-hydrogen) atoms. The Hall–Kier alpha value is -1.19. The van der Waals surface area contributed by atoms with Crippen LogP contribution in [0.3, 0.4) is 0 Å². The van der Waals surface area contributed by atoms with Crippen molar-refractivity contribution in [3.8, 4) is 0 Å². The fraction of sp³-hybridized carbons (Fsp3) is 0.474. The molecule has 2 heterocycles. The summed E-state index contributed by atoms with van der Waals surface area (Å²) in [5.41, 5.74) is 2.80. The monoisotopic (exact) mass is 314 g/mol. The summed E-state index contributed by atoms with van der Waals surface area (Å²) in [5, 5.41) is 0. The van der Waals surface area contributed by atoms with Crippen molar-refractivity contribution in [1.82, 2.24) is 0 Å². The van der Waals surface area contributed by atoms with Gasteiger partial charge in [0.1, 0.15) is 5.76 Å². The quantitative estimate of drug-likeness (QED) is 0.788. The molecule has 0 bridgehead atoms. The van der Waals surface area contributed by atoms with Crippen LogP contribution in [0.1, 0.15) is 24.8 Å². The van der Waals surface area contributed by atoms with Crippen LogP contribution in [0, 0.1) is 18.8 Å². The molecule has 2 fully saturated rings. The average Bonchev–Trinajstić information content (AvgIpc) is 2.57. The lowest BCUT2D eigenvalue weighted by Gasteiger charge is -2.40. The van der Waals surface area contributed by atoms with Gasteiger partial charge in [0, 0.05) is 23.0 Å². The van der Waals surface area contributed by atoms with E-state index in [0.717, 1.165) is 44.8 Å². The Morgan fingerprint density at radius 2 is 2.00 bits per heavy atom. The molecule has 1 aliphatic carbocycles. The summed E-state index contributed by atoms with van der Waals surface area (Å²) in [4.78, 5) is 2.85. The Bertz CT molecular complexity index is 615. The van der Waals surface area contributed by atoms with E-state index in [4.69, 9.17) is 9.47 Å². The van der Waals surface area contributed by atoms with Crippen molar-refractivity contribution in [3.63, 3.8) is 0 Å². The third-order valence-corrected chi connectivity index (χ3v) is 6.01. The number of aryl methyl sites for hydroxylation is 1. The summed E-state index contributed by atoms with van der Waals surface area (Å²) in [6.07, 6.45) is 5.67. The number of hydrogen-bond acceptors (Lipinski definition) is 3. The van der Waals surface area contributed by atoms with Gasteiger partial charge < -0.3 is 9.47 Å². The largest absolute Gasteiger partial charge is 0.493 e. The Balaban J connectivity index is 1.66. The summed E-state index contributed by atoms with van der Waals surface area (Å²) in [7, 11) is 0. The van der Waals surface area contributed by atoms with Crippen LogP contribution in [0.25, 0.3) is 0 Å². The first-order chi connectivity index (χ1) is 10.8. The standard InChI is InChI=1S/C19H22O2S/c1-13-5-7-15(8-6-13)22-18-4-2-3-17-19(18)16-9-10-20-11-14(16)12-21-17/h3,5-8,14,16H,2,4,9-12H2,1H3. The van der Waals surface area contributed by atoms with E-state index in [-0.39, 0.29) is 0 Å². The number of rotatable bonds is 2. The van der Waals surface area contributed by atoms with E-state index < -0.39 is 0 Å². The van der Waals surface area contributed by atoms with Gasteiger partial charge in [-0.25, -0.2) is 0 Å². The normalized spacial score (nSPS) is 27.6. The molecule has 1 aromatic rings. The molecule has 0 aromatic heterocycles. The number of allylic oxidation sites excluding steroid dienone is 3. The maximum absolute atomic E-state index is 6.05. The molecule has 2 atom stereocenters. The minimum Gasteiger partial charge on any atom is -0.493 e. The molecule has 1 aromatic carbocycles. The van der Waals surface area contributed by atoms with Gasteiger partial charge in [-0.3, -0.25) is 0 Å². The van der Waals surface area contributed by atoms with Crippen molar-refractivity contribution < 1.29 is 9.47 Å². The van der Waals surface area contributed by atoms with Gasteiger partial charge >= 0.3 is 0 Å². The molecule has 0 amide bonds. The Morgan fingerprint density at radius 3 is 2.86 bits per heavy atom. The second-order valence-electron chi connectivity index (χ2n) is 6.40. The molecule has 4 rings (SSSR count). The van der Waals surface area contributed by atoms with Crippen molar-refractivity contribution in [1.29, 1.82) is 0 Å². The first kappa shape index (κ1) is 14.4. The van der Waals surface area contributed by atoms with Gasteiger partial charge in [0.2, 0.25) is 0 Å². The molecule has 3 aliphatic rings. The van der Waals surface area contributed by atoms with Gasteiger partial charge in [-0.05, 0) is 55.2 Å². The second-order valence-corrected chi connectivity index (χ2v) is 7.57. The molecule has 2 nitrogen and oxygen atoms in total. The predicted molar refractivity (Wildman–Crippen MR) is 89.7 cm³/mol. The molecular weight excluding hydrogens is 292 g/mol. The van der Waals surface area contributed by atoms with Crippen LogP contribution >= 0.6 is 11.8 Å². The highest BCUT2D eigenvalue weighted by molar-refractivity contribution is 8.03. The molecular formula is C19H22O2S. The Morgan fingerprint density at radius 1 is 1.14 bits per heavy atom. The molecule has 0 saturated carbocycles. The van der Waals surface area contributed by atoms with E-state index in [9.17, 15) is 0 Å². The number of ether oxygens (including phenoxy) is 2. The summed E-state index contributed by atoms with van der Waals surface area (Å²) in [6, 6.07) is 8.86. The fourth-order valence-corrected chi connectivity index (χ4v) is 4.77. The molecule has 0 spiro atoms. The molecule has 3 heteroatoms. The lowest BCUT2D eigenvalue weighted by atomic mass is 9.78. The van der Waals surface area contributed by atoms with Crippen molar-refractivity contribution in [3.05, 3.63) is 52.1 Å². The molecule has 0 N–H and O–H groups in total. The smallest absolute Gasteiger partial charge is 0.119 e. The van der Waals surface area contributed by atoms with Gasteiger partial charge in [0.05, 0.1) is 13.2 Å². The zero-order valence-electron chi connectivity index (χ0n) is 13.0. The zero-order chi connectivity index (χ0) is 14.9. The molecule has 2 saturated heterocycles. The Kier molecular flexibility index (Phi) is 4.01. The van der Waals surface area contributed by atoms with Crippen molar-refractivity contribution in [2.45, 2.75) is 31.1 Å². The van der Waals surface area contributed by atoms with Gasteiger partial charge in [0.15, 0.2) is 0 Å². The first-order valence-electron chi connectivity index (χ1n) is 8.20. The maximum atomic E-state index is 6.05. The van der Waals surface area contributed by atoms with Crippen LogP contribution in [0.4, 0.5) is 0 Å². The van der Waals surface area contributed by atoms with Crippen molar-refractivity contribution in [2.24, 2.45) is 11.8 Å². The van der Waals surface area contributed by atoms with Crippen molar-refractivity contribution in [2.75, 3.05) is 19.8 Å². The van der Waals surface area contributed by atoms with E-state index >= 15 is 0 Å². The number of thioether (sulfide) groups is 1. The van der Waals surface area contributed by atoms with Crippen molar-refractivity contribution >= 4 is 11.8 Å². The highest BCUT2D eigenvalue weighted by Crippen LogP contribution is 2.47. The summed E-state index contributed by atoms with van der Waals surface area (Å²) >= 11 is 1.93. The van der Waals surface area contributed by atoms with Crippen LogP contribution in [-0.2, 0) is 9.47 Å². The third kappa shape index (κ3) is 2.72. The maximum Gasteiger partial charge on any atom is 0.119 e. The number of hydrogen-bond donors (Lipinski definition) is 0. The summed E-state index contributed by atoms with van der Waals surface area (Å²) in [5.74, 6) is 2.32. The van der Waals surface area contributed by atoms with E-state index in [1.807, 2.05) is 11.8 Å². The average molecular weight is 314 g/mol. The lowest BCUT2D eigenvalue weighted by molar-refractivity contribution is -0.0214. The first-order valence-corrected chi connectivity index (χ1v) is 9.01. The second kappa shape index (κ2) is 6.13. The minimum atomic E-state index is 0.535. The van der Waals surface area contributed by atoms with E-state index in [1.165, 1.54) is 20.9 Å². The Labute approximate surface area is 136 Å². The molecule has 0 radical (unpaired) electrons. The zero-order valence-corrected chi connectivity index (χ0v) is 13.8. The fourth-order valence-electron chi connectivity index (χ4n) is 3.64. The van der Waals surface area contributed by atoms with E-state index in [2.05, 4.69) is 37.3 Å². The lowest BCUT2D eigenvalue weighted by Crippen LogP contribution is -2.37. The summed E-state index contributed by atoms with van der Waals surface area (Å²) < 4.78 is 11.7. The van der Waals surface area contributed by atoms with Gasteiger partial charge in [-0.2, -0.15) is 0 Å². The van der Waals surface area contributed by atoms with Gasteiger partial charge in [-0.1, -0.05) is 29.5 Å². The van der Waals surface area contributed by atoms with Crippen LogP contribution in [0.2, 0.25) is 0 Å². The SMILES string of the molecule is Cc1ccc(SC2=C3C(=CCC2)OCC2COCCC32)cc1. The van der Waals surface area contributed by atoms with Gasteiger partial charge in [0.25, 0.3) is 0 Å². The van der Waals surface area contributed by atoms with Crippen LogP contribution in [-0.4, -0.2) is 19.8 Å². The minimum absolute atomic E-state index is 0.535.